The van der Waals surface area contributed by atoms with Crippen molar-refractivity contribution in [3.63, 3.8) is 0 Å². The van der Waals surface area contributed by atoms with Gasteiger partial charge in [0.25, 0.3) is 5.91 Å². The summed E-state index contributed by atoms with van der Waals surface area (Å²) in [5, 5.41) is 0. The zero-order valence-electron chi connectivity index (χ0n) is 13.3. The summed E-state index contributed by atoms with van der Waals surface area (Å²) >= 11 is 0. The van der Waals surface area contributed by atoms with Crippen LogP contribution in [0.2, 0.25) is 0 Å². The molecule has 0 bridgehead atoms. The second-order valence-corrected chi connectivity index (χ2v) is 5.82. The van der Waals surface area contributed by atoms with E-state index in [9.17, 15) is 9.59 Å². The van der Waals surface area contributed by atoms with Crippen molar-refractivity contribution in [1.82, 2.24) is 9.97 Å². The molecule has 4 N–H and O–H groups in total. The molecule has 2 heterocycles. The fraction of sp³-hybridized carbons (Fsp3) is 0.600. The summed E-state index contributed by atoms with van der Waals surface area (Å²) in [5.74, 6) is 0.609. The summed E-state index contributed by atoms with van der Waals surface area (Å²) in [6.45, 7) is 3.30. The summed E-state index contributed by atoms with van der Waals surface area (Å²) in [7, 11) is 0. The number of aromatic nitrogens is 2. The van der Waals surface area contributed by atoms with Crippen molar-refractivity contribution in [2.45, 2.75) is 32.6 Å². The van der Waals surface area contributed by atoms with Crippen LogP contribution in [0.25, 0.3) is 0 Å². The van der Waals surface area contributed by atoms with Crippen LogP contribution in [0.15, 0.2) is 6.07 Å². The van der Waals surface area contributed by atoms with Gasteiger partial charge in [0, 0.05) is 31.3 Å². The third-order valence-electron chi connectivity index (χ3n) is 3.93. The van der Waals surface area contributed by atoms with E-state index in [1.807, 2.05) is 13.0 Å². The van der Waals surface area contributed by atoms with Gasteiger partial charge in [-0.2, -0.15) is 4.98 Å². The van der Waals surface area contributed by atoms with Gasteiger partial charge < -0.3 is 21.1 Å². The number of aryl methyl sites for hydroxylation is 1. The number of hydrogen-bond donors (Lipinski definition) is 2. The van der Waals surface area contributed by atoms with Crippen LogP contribution < -0.4 is 16.4 Å². The van der Waals surface area contributed by atoms with Crippen LogP contribution in [0, 0.1) is 12.8 Å². The van der Waals surface area contributed by atoms with Gasteiger partial charge in [-0.3, -0.25) is 9.59 Å². The van der Waals surface area contributed by atoms with E-state index in [4.69, 9.17) is 16.2 Å². The van der Waals surface area contributed by atoms with Gasteiger partial charge >= 0.3 is 5.97 Å². The lowest BCUT2D eigenvalue weighted by Crippen LogP contribution is -2.34. The smallest absolute Gasteiger partial charge is 0.306 e. The Kier molecular flexibility index (Phi) is 5.72. The Morgan fingerprint density at radius 3 is 2.65 bits per heavy atom. The van der Waals surface area contributed by atoms with Crippen molar-refractivity contribution in [2.75, 3.05) is 30.3 Å². The van der Waals surface area contributed by atoms with Crippen molar-refractivity contribution in [3.05, 3.63) is 11.8 Å². The van der Waals surface area contributed by atoms with E-state index in [0.29, 0.717) is 18.3 Å². The molecule has 0 radical (unpaired) electrons. The molecule has 23 heavy (non-hydrogen) atoms. The number of anilines is 2. The van der Waals surface area contributed by atoms with E-state index < -0.39 is 5.91 Å². The molecule has 0 spiro atoms. The monoisotopic (exact) mass is 321 g/mol. The fourth-order valence-electron chi connectivity index (χ4n) is 2.73. The summed E-state index contributed by atoms with van der Waals surface area (Å²) < 4.78 is 4.76. The maximum atomic E-state index is 11.5. The molecule has 1 amide bonds. The third-order valence-corrected chi connectivity index (χ3v) is 3.93. The summed E-state index contributed by atoms with van der Waals surface area (Å²) in [5.41, 5.74) is 11.5. The Labute approximate surface area is 135 Å². The summed E-state index contributed by atoms with van der Waals surface area (Å²) in [4.78, 5) is 32.6. The SMILES string of the molecule is Cc1cc(N2CCC(CCC(=O)OCC(N)=O)CC2)nc(N)n1. The topological polar surface area (TPSA) is 124 Å². The molecular formula is C15H23N5O3. The molecule has 126 valence electrons. The Morgan fingerprint density at radius 1 is 1.35 bits per heavy atom. The highest BCUT2D eigenvalue weighted by atomic mass is 16.5. The number of esters is 1. The van der Waals surface area contributed by atoms with Crippen LogP contribution in [0.3, 0.4) is 0 Å². The number of ether oxygens (including phenoxy) is 1. The van der Waals surface area contributed by atoms with Crippen LogP contribution in [0.5, 0.6) is 0 Å². The number of nitrogen functional groups attached to an aromatic ring is 1. The summed E-state index contributed by atoms with van der Waals surface area (Å²) in [6, 6.07) is 1.93. The second kappa shape index (κ2) is 7.75. The normalized spacial score (nSPS) is 15.4. The Balaban J connectivity index is 1.75. The molecule has 1 aliphatic rings. The average molecular weight is 321 g/mol. The lowest BCUT2D eigenvalue weighted by atomic mass is 9.92. The van der Waals surface area contributed by atoms with Crippen LogP contribution in [-0.4, -0.2) is 41.5 Å². The first-order valence-corrected chi connectivity index (χ1v) is 7.74. The number of carbonyl (C=O) groups is 2. The van der Waals surface area contributed by atoms with Crippen molar-refractivity contribution in [2.24, 2.45) is 11.7 Å². The predicted molar refractivity (Wildman–Crippen MR) is 85.5 cm³/mol. The molecule has 0 saturated carbocycles. The number of rotatable bonds is 6. The van der Waals surface area contributed by atoms with Crippen LogP contribution >= 0.6 is 0 Å². The lowest BCUT2D eigenvalue weighted by Gasteiger charge is -2.32. The molecule has 1 aromatic rings. The Bertz CT molecular complexity index is 550. The molecule has 0 aliphatic carbocycles. The molecule has 1 fully saturated rings. The molecule has 0 aromatic carbocycles. The van der Waals surface area contributed by atoms with Gasteiger partial charge in [-0.15, -0.1) is 0 Å². The van der Waals surface area contributed by atoms with Crippen LogP contribution in [0.1, 0.15) is 31.4 Å². The first kappa shape index (κ1) is 17.0. The number of hydrogen-bond acceptors (Lipinski definition) is 7. The standard InChI is InChI=1S/C15H23N5O3/c1-10-8-13(19-15(17)18-10)20-6-4-11(5-7-20)2-3-14(22)23-9-12(16)21/h8,11H,2-7,9H2,1H3,(H2,16,21)(H2,17,18,19). The molecule has 8 nitrogen and oxygen atoms in total. The van der Waals surface area contributed by atoms with Crippen molar-refractivity contribution in [1.29, 1.82) is 0 Å². The number of primary amides is 1. The molecule has 2 rings (SSSR count). The van der Waals surface area contributed by atoms with Gasteiger partial charge in [0.2, 0.25) is 5.95 Å². The minimum absolute atomic E-state index is 0.291. The van der Waals surface area contributed by atoms with Gasteiger partial charge in [0.15, 0.2) is 6.61 Å². The number of carbonyl (C=O) groups excluding carboxylic acids is 2. The van der Waals surface area contributed by atoms with E-state index in [1.54, 1.807) is 0 Å². The molecule has 1 saturated heterocycles. The van der Waals surface area contributed by atoms with Crippen molar-refractivity contribution in [3.8, 4) is 0 Å². The maximum absolute atomic E-state index is 11.5. The number of nitrogens with two attached hydrogens (primary N) is 2. The van der Waals surface area contributed by atoms with E-state index in [1.165, 1.54) is 0 Å². The lowest BCUT2D eigenvalue weighted by molar-refractivity contribution is -0.148. The number of amides is 1. The minimum atomic E-state index is -0.633. The zero-order chi connectivity index (χ0) is 16.8. The maximum Gasteiger partial charge on any atom is 0.306 e. The van der Waals surface area contributed by atoms with E-state index >= 15 is 0 Å². The zero-order valence-corrected chi connectivity index (χ0v) is 13.3. The fourth-order valence-corrected chi connectivity index (χ4v) is 2.73. The first-order valence-electron chi connectivity index (χ1n) is 7.74. The van der Waals surface area contributed by atoms with E-state index in [-0.39, 0.29) is 12.6 Å². The first-order chi connectivity index (χ1) is 10.9. The second-order valence-electron chi connectivity index (χ2n) is 5.82. The number of nitrogens with zero attached hydrogens (tertiary/aromatic N) is 3. The molecule has 1 aliphatic heterocycles. The highest BCUT2D eigenvalue weighted by Gasteiger charge is 2.21. The largest absolute Gasteiger partial charge is 0.456 e. The van der Waals surface area contributed by atoms with E-state index in [0.717, 1.165) is 43.9 Å². The number of piperidine rings is 1. The highest BCUT2D eigenvalue weighted by molar-refractivity contribution is 5.78. The van der Waals surface area contributed by atoms with Crippen LogP contribution in [0.4, 0.5) is 11.8 Å². The van der Waals surface area contributed by atoms with Crippen LogP contribution in [-0.2, 0) is 14.3 Å². The Hall–Kier alpha value is -2.38. The van der Waals surface area contributed by atoms with Gasteiger partial charge in [-0.1, -0.05) is 0 Å². The van der Waals surface area contributed by atoms with Gasteiger partial charge in [-0.05, 0) is 32.1 Å². The van der Waals surface area contributed by atoms with Crippen molar-refractivity contribution >= 4 is 23.6 Å². The summed E-state index contributed by atoms with van der Waals surface area (Å²) in [6.07, 6.45) is 3.03. The minimum Gasteiger partial charge on any atom is -0.456 e. The average Bonchev–Trinajstić information content (AvgIpc) is 2.50. The quantitative estimate of drug-likeness (QED) is 0.726. The Morgan fingerprint density at radius 2 is 2.04 bits per heavy atom. The van der Waals surface area contributed by atoms with E-state index in [2.05, 4.69) is 14.9 Å². The highest BCUT2D eigenvalue weighted by Crippen LogP contribution is 2.25. The van der Waals surface area contributed by atoms with Crippen molar-refractivity contribution < 1.29 is 14.3 Å². The van der Waals surface area contributed by atoms with Gasteiger partial charge in [0.1, 0.15) is 5.82 Å². The third kappa shape index (κ3) is 5.39. The molecule has 1 aromatic heterocycles. The van der Waals surface area contributed by atoms with Gasteiger partial charge in [-0.25, -0.2) is 4.98 Å². The molecule has 0 unspecified atom stereocenters. The predicted octanol–water partition coefficient (Wildman–Crippen LogP) is 0.392. The van der Waals surface area contributed by atoms with Gasteiger partial charge in [0.05, 0.1) is 0 Å². The molecular weight excluding hydrogens is 298 g/mol. The molecule has 0 atom stereocenters. The molecule has 8 heteroatoms.